The molecule has 0 unspecified atom stereocenters. The van der Waals surface area contributed by atoms with Gasteiger partial charge in [-0.1, -0.05) is 13.8 Å². The zero-order chi connectivity index (χ0) is 13.2. The Morgan fingerprint density at radius 2 is 2.06 bits per heavy atom. The molecule has 0 aliphatic carbocycles. The van der Waals surface area contributed by atoms with Gasteiger partial charge < -0.3 is 9.47 Å². The number of nitrogens with zero attached hydrogens (tertiary/aromatic N) is 3. The molecule has 0 aliphatic heterocycles. The van der Waals surface area contributed by atoms with Gasteiger partial charge in [-0.2, -0.15) is 0 Å². The molecular formula is C10H18ClN3O2S. The fraction of sp³-hybridized carbons (Fsp3) is 0.700. The Morgan fingerprint density at radius 3 is 2.47 bits per heavy atom. The van der Waals surface area contributed by atoms with Crippen molar-refractivity contribution in [2.75, 3.05) is 20.6 Å². The predicted octanol–water partition coefficient (Wildman–Crippen LogP) is 1.50. The van der Waals surface area contributed by atoms with Crippen molar-refractivity contribution in [3.8, 4) is 0 Å². The summed E-state index contributed by atoms with van der Waals surface area (Å²) < 4.78 is 24.3. The molecule has 0 amide bonds. The molecule has 1 aromatic heterocycles. The molecule has 1 rings (SSSR count). The van der Waals surface area contributed by atoms with Gasteiger partial charge in [-0.25, -0.2) is 13.4 Å². The molecule has 0 aromatic carbocycles. The first-order valence-electron chi connectivity index (χ1n) is 5.38. The lowest BCUT2D eigenvalue weighted by Crippen LogP contribution is -2.19. The summed E-state index contributed by atoms with van der Waals surface area (Å²) in [4.78, 5) is 6.11. The van der Waals surface area contributed by atoms with Crippen LogP contribution < -0.4 is 0 Å². The molecular weight excluding hydrogens is 262 g/mol. The highest BCUT2D eigenvalue weighted by molar-refractivity contribution is 8.13. The Balaban J connectivity index is 3.06. The van der Waals surface area contributed by atoms with Crippen LogP contribution in [0.15, 0.2) is 11.2 Å². The van der Waals surface area contributed by atoms with E-state index in [2.05, 4.69) is 4.98 Å². The molecule has 0 radical (unpaired) electrons. The van der Waals surface area contributed by atoms with Crippen molar-refractivity contribution in [3.63, 3.8) is 0 Å². The quantitative estimate of drug-likeness (QED) is 0.767. The maximum Gasteiger partial charge on any atom is 0.280 e. The summed E-state index contributed by atoms with van der Waals surface area (Å²) in [6.45, 7) is 5.45. The molecule has 98 valence electrons. The second-order valence-electron chi connectivity index (χ2n) is 4.53. The Hall–Kier alpha value is -0.590. The van der Waals surface area contributed by atoms with Gasteiger partial charge in [-0.3, -0.25) is 0 Å². The van der Waals surface area contributed by atoms with E-state index in [4.69, 9.17) is 10.7 Å². The molecule has 0 saturated heterocycles. The highest BCUT2D eigenvalue weighted by Gasteiger charge is 2.19. The average molecular weight is 280 g/mol. The van der Waals surface area contributed by atoms with Gasteiger partial charge in [0.2, 0.25) is 0 Å². The van der Waals surface area contributed by atoms with E-state index in [0.29, 0.717) is 6.54 Å². The van der Waals surface area contributed by atoms with Crippen molar-refractivity contribution < 1.29 is 8.42 Å². The van der Waals surface area contributed by atoms with E-state index in [-0.39, 0.29) is 10.9 Å². The van der Waals surface area contributed by atoms with Crippen LogP contribution in [0.3, 0.4) is 0 Å². The Bertz CT molecular complexity index is 480. The number of hydrogen-bond donors (Lipinski definition) is 0. The molecule has 0 N–H and O–H groups in total. The van der Waals surface area contributed by atoms with E-state index in [0.717, 1.165) is 12.4 Å². The van der Waals surface area contributed by atoms with Crippen LogP contribution in [0.25, 0.3) is 0 Å². The second kappa shape index (κ2) is 5.37. The molecule has 1 aromatic rings. The summed E-state index contributed by atoms with van der Waals surface area (Å²) in [6, 6.07) is 0. The van der Waals surface area contributed by atoms with Crippen molar-refractivity contribution in [1.29, 1.82) is 0 Å². The predicted molar refractivity (Wildman–Crippen MR) is 67.9 cm³/mol. The number of likely N-dealkylation sites (N-methyl/N-ethyl adjacent to an activating group) is 1. The summed E-state index contributed by atoms with van der Waals surface area (Å²) in [5, 5.41) is -0.0679. The first-order valence-corrected chi connectivity index (χ1v) is 7.69. The summed E-state index contributed by atoms with van der Waals surface area (Å²) in [5.74, 6) is 0.899. The molecule has 0 spiro atoms. The Morgan fingerprint density at radius 1 is 1.47 bits per heavy atom. The molecule has 1 heterocycles. The maximum absolute atomic E-state index is 11.2. The number of halogens is 1. The van der Waals surface area contributed by atoms with Gasteiger partial charge in [-0.15, -0.1) is 0 Å². The van der Waals surface area contributed by atoms with Gasteiger partial charge in [0.15, 0.2) is 5.03 Å². The van der Waals surface area contributed by atoms with E-state index in [1.165, 1.54) is 6.20 Å². The van der Waals surface area contributed by atoms with Crippen molar-refractivity contribution in [3.05, 3.63) is 12.0 Å². The average Bonchev–Trinajstić information content (AvgIpc) is 2.57. The van der Waals surface area contributed by atoms with Crippen LogP contribution in [-0.4, -0.2) is 43.5 Å². The Kier molecular flexibility index (Phi) is 4.57. The van der Waals surface area contributed by atoms with Crippen molar-refractivity contribution in [2.24, 2.45) is 0 Å². The minimum atomic E-state index is -3.75. The standard InChI is InChI=1S/C10H18ClN3O2S/c1-8(2)10-12-9(17(11,15)16)7-14(10)6-5-13(3)4/h7-8H,5-6H2,1-4H3. The van der Waals surface area contributed by atoms with Crippen LogP contribution >= 0.6 is 10.7 Å². The van der Waals surface area contributed by atoms with Gasteiger partial charge >= 0.3 is 0 Å². The first-order chi connectivity index (χ1) is 7.71. The van der Waals surface area contributed by atoms with Crippen molar-refractivity contribution in [2.45, 2.75) is 31.3 Å². The highest BCUT2D eigenvalue weighted by Crippen LogP contribution is 2.19. The molecule has 17 heavy (non-hydrogen) atoms. The van der Waals surface area contributed by atoms with Crippen LogP contribution in [0, 0.1) is 0 Å². The van der Waals surface area contributed by atoms with E-state index in [1.807, 2.05) is 37.4 Å². The highest BCUT2D eigenvalue weighted by atomic mass is 35.7. The van der Waals surface area contributed by atoms with Crippen LogP contribution in [0.1, 0.15) is 25.6 Å². The van der Waals surface area contributed by atoms with Crippen molar-refractivity contribution >= 4 is 19.7 Å². The number of imidazole rings is 1. The van der Waals surface area contributed by atoms with Gasteiger partial charge in [0.05, 0.1) is 0 Å². The molecule has 5 nitrogen and oxygen atoms in total. The summed E-state index contributed by atoms with van der Waals surface area (Å²) in [6.07, 6.45) is 1.50. The third kappa shape index (κ3) is 3.97. The summed E-state index contributed by atoms with van der Waals surface area (Å²) in [5.41, 5.74) is 0. The SMILES string of the molecule is CC(C)c1nc(S(=O)(=O)Cl)cn1CCN(C)C. The zero-order valence-corrected chi connectivity index (χ0v) is 12.1. The second-order valence-corrected chi connectivity index (χ2v) is 7.04. The van der Waals surface area contributed by atoms with Crippen molar-refractivity contribution in [1.82, 2.24) is 14.5 Å². The first kappa shape index (κ1) is 14.5. The van der Waals surface area contributed by atoms with E-state index in [1.54, 1.807) is 0 Å². The normalized spacial score (nSPS) is 12.6. The molecule has 0 atom stereocenters. The van der Waals surface area contributed by atoms with Crippen LogP contribution in [0.2, 0.25) is 0 Å². The molecule has 7 heteroatoms. The van der Waals surface area contributed by atoms with Gasteiger partial charge in [0.1, 0.15) is 5.82 Å². The largest absolute Gasteiger partial charge is 0.332 e. The maximum atomic E-state index is 11.2. The van der Waals surface area contributed by atoms with Crippen LogP contribution in [-0.2, 0) is 15.6 Å². The minimum Gasteiger partial charge on any atom is -0.332 e. The lowest BCUT2D eigenvalue weighted by Gasteiger charge is -2.13. The lowest BCUT2D eigenvalue weighted by molar-refractivity contribution is 0.379. The van der Waals surface area contributed by atoms with E-state index in [9.17, 15) is 8.42 Å². The van der Waals surface area contributed by atoms with Gasteiger partial charge in [0.25, 0.3) is 9.05 Å². The smallest absolute Gasteiger partial charge is 0.280 e. The molecule has 0 saturated carbocycles. The van der Waals surface area contributed by atoms with E-state index < -0.39 is 9.05 Å². The van der Waals surface area contributed by atoms with Crippen LogP contribution in [0.5, 0.6) is 0 Å². The van der Waals surface area contributed by atoms with E-state index >= 15 is 0 Å². The minimum absolute atomic E-state index is 0.0679. The Labute approximate surface area is 107 Å². The third-order valence-electron chi connectivity index (χ3n) is 2.34. The number of rotatable bonds is 5. The number of aromatic nitrogens is 2. The van der Waals surface area contributed by atoms with Crippen LogP contribution in [0.4, 0.5) is 0 Å². The molecule has 0 fully saturated rings. The number of hydrogen-bond acceptors (Lipinski definition) is 4. The third-order valence-corrected chi connectivity index (χ3v) is 3.51. The summed E-state index contributed by atoms with van der Waals surface area (Å²) in [7, 11) is 5.47. The van der Waals surface area contributed by atoms with Gasteiger partial charge in [0, 0.05) is 35.9 Å². The summed E-state index contributed by atoms with van der Waals surface area (Å²) >= 11 is 0. The monoisotopic (exact) mass is 279 g/mol. The molecule has 0 bridgehead atoms. The fourth-order valence-corrected chi connectivity index (χ4v) is 2.15. The topological polar surface area (TPSA) is 55.2 Å². The fourth-order valence-electron chi connectivity index (χ4n) is 1.47. The van der Waals surface area contributed by atoms with Gasteiger partial charge in [-0.05, 0) is 14.1 Å². The lowest BCUT2D eigenvalue weighted by atomic mass is 10.2. The molecule has 0 aliphatic rings. The zero-order valence-electron chi connectivity index (χ0n) is 10.5.